The van der Waals surface area contributed by atoms with E-state index in [4.69, 9.17) is 10.5 Å². The van der Waals surface area contributed by atoms with E-state index in [0.717, 1.165) is 0 Å². The molecule has 0 radical (unpaired) electrons. The number of nitrogens with two attached hydrogens (primary N) is 1. The second kappa shape index (κ2) is 4.95. The van der Waals surface area contributed by atoms with Gasteiger partial charge in [0.05, 0.1) is 13.0 Å². The first kappa shape index (κ1) is 11.0. The van der Waals surface area contributed by atoms with Crippen molar-refractivity contribution in [2.75, 3.05) is 6.61 Å². The van der Waals surface area contributed by atoms with Crippen LogP contribution in [0.1, 0.15) is 6.42 Å². The first-order chi connectivity index (χ1) is 6.59. The number of benzene rings is 1. The number of amides is 1. The molecule has 0 spiro atoms. The van der Waals surface area contributed by atoms with Gasteiger partial charge in [0.2, 0.25) is 5.91 Å². The summed E-state index contributed by atoms with van der Waals surface area (Å²) in [6, 6.07) is 4.34. The van der Waals surface area contributed by atoms with Gasteiger partial charge in [0.25, 0.3) is 0 Å². The molecule has 0 fully saturated rings. The van der Waals surface area contributed by atoms with Crippen molar-refractivity contribution in [2.24, 2.45) is 5.73 Å². The molecule has 0 heterocycles. The van der Waals surface area contributed by atoms with Gasteiger partial charge in [-0.1, -0.05) is 15.9 Å². The molecular formula is C9H9BrFNO2. The van der Waals surface area contributed by atoms with Gasteiger partial charge in [-0.05, 0) is 18.2 Å². The van der Waals surface area contributed by atoms with Crippen LogP contribution in [0.4, 0.5) is 4.39 Å². The van der Waals surface area contributed by atoms with Crippen molar-refractivity contribution in [2.45, 2.75) is 6.42 Å². The Bertz CT molecular complexity index is 344. The van der Waals surface area contributed by atoms with Crippen molar-refractivity contribution >= 4 is 21.8 Å². The van der Waals surface area contributed by atoms with Crippen molar-refractivity contribution in [3.05, 3.63) is 28.5 Å². The van der Waals surface area contributed by atoms with Gasteiger partial charge in [-0.25, -0.2) is 4.39 Å². The van der Waals surface area contributed by atoms with Gasteiger partial charge in [0, 0.05) is 4.47 Å². The Balaban J connectivity index is 2.57. The van der Waals surface area contributed by atoms with E-state index in [-0.39, 0.29) is 18.8 Å². The number of primary amides is 1. The predicted molar refractivity (Wildman–Crippen MR) is 53.4 cm³/mol. The Labute approximate surface area is 89.2 Å². The fourth-order valence-corrected chi connectivity index (χ4v) is 1.19. The maximum atomic E-state index is 13.0. The molecular weight excluding hydrogens is 253 g/mol. The molecule has 1 rings (SSSR count). The smallest absolute Gasteiger partial charge is 0.220 e. The lowest BCUT2D eigenvalue weighted by molar-refractivity contribution is -0.118. The fourth-order valence-electron chi connectivity index (χ4n) is 0.849. The molecule has 1 aromatic rings. The van der Waals surface area contributed by atoms with Crippen LogP contribution in [0.2, 0.25) is 0 Å². The summed E-state index contributed by atoms with van der Waals surface area (Å²) in [6.45, 7) is 0.0860. The largest absolute Gasteiger partial charge is 0.490 e. The first-order valence-electron chi connectivity index (χ1n) is 3.96. The van der Waals surface area contributed by atoms with E-state index < -0.39 is 11.7 Å². The molecule has 0 unspecified atom stereocenters. The Hall–Kier alpha value is -1.10. The third-order valence-electron chi connectivity index (χ3n) is 1.50. The van der Waals surface area contributed by atoms with Crippen LogP contribution < -0.4 is 10.5 Å². The van der Waals surface area contributed by atoms with Gasteiger partial charge in [0.1, 0.15) is 0 Å². The summed E-state index contributed by atoms with van der Waals surface area (Å²) in [5, 5.41) is 0. The van der Waals surface area contributed by atoms with Crippen molar-refractivity contribution in [1.82, 2.24) is 0 Å². The van der Waals surface area contributed by atoms with E-state index in [1.54, 1.807) is 6.07 Å². The molecule has 5 heteroatoms. The van der Waals surface area contributed by atoms with E-state index in [9.17, 15) is 9.18 Å². The van der Waals surface area contributed by atoms with Crippen LogP contribution in [0.5, 0.6) is 5.75 Å². The maximum absolute atomic E-state index is 13.0. The van der Waals surface area contributed by atoms with E-state index in [1.807, 2.05) is 0 Å². The Morgan fingerprint density at radius 1 is 1.57 bits per heavy atom. The monoisotopic (exact) mass is 261 g/mol. The Kier molecular flexibility index (Phi) is 3.88. The van der Waals surface area contributed by atoms with Crippen molar-refractivity contribution in [3.63, 3.8) is 0 Å². The summed E-state index contributed by atoms with van der Waals surface area (Å²) in [6.07, 6.45) is 0.0754. The molecule has 0 saturated heterocycles. The van der Waals surface area contributed by atoms with Gasteiger partial charge in [-0.2, -0.15) is 0 Å². The molecule has 0 aromatic heterocycles. The van der Waals surface area contributed by atoms with Crippen LogP contribution in [0.25, 0.3) is 0 Å². The standard InChI is InChI=1S/C9H9BrFNO2/c10-6-1-2-7(11)8(5-6)14-4-3-9(12)13/h1-2,5H,3-4H2,(H2,12,13). The van der Waals surface area contributed by atoms with Crippen LogP contribution in [0.3, 0.4) is 0 Å². The number of ether oxygens (including phenoxy) is 1. The molecule has 3 nitrogen and oxygen atoms in total. The summed E-state index contributed by atoms with van der Waals surface area (Å²) < 4.78 is 18.8. The van der Waals surface area contributed by atoms with Crippen LogP contribution in [0.15, 0.2) is 22.7 Å². The van der Waals surface area contributed by atoms with Gasteiger partial charge < -0.3 is 10.5 Å². The number of halogens is 2. The highest BCUT2D eigenvalue weighted by Crippen LogP contribution is 2.22. The van der Waals surface area contributed by atoms with Crippen LogP contribution in [-0.2, 0) is 4.79 Å². The second-order valence-corrected chi connectivity index (χ2v) is 3.56. The normalized spacial score (nSPS) is 9.86. The molecule has 2 N–H and O–H groups in total. The summed E-state index contributed by atoms with van der Waals surface area (Å²) in [4.78, 5) is 10.4. The van der Waals surface area contributed by atoms with Crippen LogP contribution in [0, 0.1) is 5.82 Å². The van der Waals surface area contributed by atoms with Crippen LogP contribution >= 0.6 is 15.9 Å². The third-order valence-corrected chi connectivity index (χ3v) is 1.99. The Morgan fingerprint density at radius 2 is 2.29 bits per heavy atom. The minimum Gasteiger partial charge on any atom is -0.490 e. The minimum absolute atomic E-state index is 0.0754. The van der Waals surface area contributed by atoms with Gasteiger partial charge in [0.15, 0.2) is 11.6 Å². The highest BCUT2D eigenvalue weighted by molar-refractivity contribution is 9.10. The summed E-state index contributed by atoms with van der Waals surface area (Å²) >= 11 is 3.18. The van der Waals surface area contributed by atoms with E-state index in [0.29, 0.717) is 4.47 Å². The second-order valence-electron chi connectivity index (χ2n) is 2.64. The molecule has 1 amide bonds. The zero-order valence-electron chi connectivity index (χ0n) is 7.30. The van der Waals surface area contributed by atoms with Crippen molar-refractivity contribution < 1.29 is 13.9 Å². The van der Waals surface area contributed by atoms with Gasteiger partial charge in [-0.3, -0.25) is 4.79 Å². The highest BCUT2D eigenvalue weighted by atomic mass is 79.9. The van der Waals surface area contributed by atoms with Gasteiger partial charge >= 0.3 is 0 Å². The SMILES string of the molecule is NC(=O)CCOc1cc(Br)ccc1F. The highest BCUT2D eigenvalue weighted by Gasteiger charge is 2.04. The minimum atomic E-state index is -0.472. The quantitative estimate of drug-likeness (QED) is 0.900. The number of hydrogen-bond donors (Lipinski definition) is 1. The first-order valence-corrected chi connectivity index (χ1v) is 4.75. The molecule has 0 bridgehead atoms. The lowest BCUT2D eigenvalue weighted by Crippen LogP contribution is -2.14. The zero-order chi connectivity index (χ0) is 10.6. The molecule has 0 aliphatic heterocycles. The molecule has 0 atom stereocenters. The van der Waals surface area contributed by atoms with Crippen molar-refractivity contribution in [3.8, 4) is 5.75 Å². The summed E-state index contributed by atoms with van der Waals surface area (Å²) in [7, 11) is 0. The molecule has 14 heavy (non-hydrogen) atoms. The third kappa shape index (κ3) is 3.33. The molecule has 76 valence electrons. The van der Waals surface area contributed by atoms with Crippen molar-refractivity contribution in [1.29, 1.82) is 0 Å². The average Bonchev–Trinajstić information content (AvgIpc) is 2.10. The van der Waals surface area contributed by atoms with Gasteiger partial charge in [-0.15, -0.1) is 0 Å². The zero-order valence-corrected chi connectivity index (χ0v) is 8.88. The summed E-state index contributed by atoms with van der Waals surface area (Å²) in [5.74, 6) is -0.821. The fraction of sp³-hybridized carbons (Fsp3) is 0.222. The summed E-state index contributed by atoms with van der Waals surface area (Å²) in [5.41, 5.74) is 4.90. The van der Waals surface area contributed by atoms with E-state index in [1.165, 1.54) is 12.1 Å². The molecule has 1 aromatic carbocycles. The average molecular weight is 262 g/mol. The van der Waals surface area contributed by atoms with E-state index >= 15 is 0 Å². The molecule has 0 aliphatic rings. The Morgan fingerprint density at radius 3 is 2.93 bits per heavy atom. The lowest BCUT2D eigenvalue weighted by Gasteiger charge is -2.05. The van der Waals surface area contributed by atoms with Crippen LogP contribution in [-0.4, -0.2) is 12.5 Å². The number of hydrogen-bond acceptors (Lipinski definition) is 2. The van der Waals surface area contributed by atoms with E-state index in [2.05, 4.69) is 15.9 Å². The topological polar surface area (TPSA) is 52.3 Å². The number of rotatable bonds is 4. The molecule has 0 saturated carbocycles. The number of carbonyl (C=O) groups is 1. The number of carbonyl (C=O) groups excluding carboxylic acids is 1. The maximum Gasteiger partial charge on any atom is 0.220 e. The molecule has 0 aliphatic carbocycles. The lowest BCUT2D eigenvalue weighted by atomic mass is 10.3. The predicted octanol–water partition coefficient (Wildman–Crippen LogP) is 1.84.